The first-order valence-corrected chi connectivity index (χ1v) is 6.46. The molecule has 2 rings (SSSR count). The van der Waals surface area contributed by atoms with Crippen molar-refractivity contribution in [3.05, 3.63) is 36.0 Å². The third-order valence-corrected chi connectivity index (χ3v) is 3.20. The molecule has 0 spiro atoms. The van der Waals surface area contributed by atoms with Gasteiger partial charge in [0, 0.05) is 43.3 Å². The molecule has 0 amide bonds. The van der Waals surface area contributed by atoms with Crippen molar-refractivity contribution in [2.75, 3.05) is 20.3 Å². The van der Waals surface area contributed by atoms with Crippen LogP contribution in [-0.4, -0.2) is 30.9 Å². The van der Waals surface area contributed by atoms with Crippen molar-refractivity contribution in [2.45, 2.75) is 19.5 Å². The van der Waals surface area contributed by atoms with Crippen LogP contribution < -0.4 is 5.32 Å². The maximum Gasteiger partial charge on any atom is 0.0998 e. The van der Waals surface area contributed by atoms with Crippen LogP contribution in [0, 0.1) is 11.3 Å². The van der Waals surface area contributed by atoms with Crippen LogP contribution in [-0.2, 0) is 11.3 Å². The Bertz CT molecular complexity index is 583. The van der Waals surface area contributed by atoms with Gasteiger partial charge in [-0.1, -0.05) is 6.07 Å². The van der Waals surface area contributed by atoms with E-state index in [1.54, 1.807) is 7.11 Å². The van der Waals surface area contributed by atoms with Crippen LogP contribution in [0.4, 0.5) is 0 Å². The van der Waals surface area contributed by atoms with Crippen molar-refractivity contribution in [3.8, 4) is 6.07 Å². The minimum atomic E-state index is 0.349. The maximum absolute atomic E-state index is 9.07. The molecule has 0 saturated carbocycles. The summed E-state index contributed by atoms with van der Waals surface area (Å²) in [6, 6.07) is 10.4. The van der Waals surface area contributed by atoms with Gasteiger partial charge in [0.05, 0.1) is 18.2 Å². The van der Waals surface area contributed by atoms with Gasteiger partial charge in [0.1, 0.15) is 0 Å². The Hall–Kier alpha value is -1.83. The largest absolute Gasteiger partial charge is 0.383 e. The monoisotopic (exact) mass is 257 g/mol. The molecule has 0 aliphatic carbocycles. The van der Waals surface area contributed by atoms with E-state index in [0.29, 0.717) is 12.6 Å². The van der Waals surface area contributed by atoms with E-state index < -0.39 is 0 Å². The van der Waals surface area contributed by atoms with E-state index in [1.807, 2.05) is 24.4 Å². The summed E-state index contributed by atoms with van der Waals surface area (Å²) in [4.78, 5) is 0. The highest BCUT2D eigenvalue weighted by molar-refractivity contribution is 5.85. The number of fused-ring (bicyclic) bond motifs is 1. The molecule has 0 aliphatic heterocycles. The van der Waals surface area contributed by atoms with Crippen molar-refractivity contribution in [1.82, 2.24) is 9.88 Å². The van der Waals surface area contributed by atoms with E-state index in [0.717, 1.165) is 29.6 Å². The highest BCUT2D eigenvalue weighted by Crippen LogP contribution is 2.19. The molecule has 19 heavy (non-hydrogen) atoms. The minimum absolute atomic E-state index is 0.349. The maximum atomic E-state index is 9.07. The van der Waals surface area contributed by atoms with E-state index in [1.165, 1.54) is 0 Å². The molecule has 4 heteroatoms. The average Bonchev–Trinajstić information content (AvgIpc) is 2.82. The first-order chi connectivity index (χ1) is 9.26. The molecular weight excluding hydrogens is 238 g/mol. The van der Waals surface area contributed by atoms with E-state index >= 15 is 0 Å². The zero-order valence-corrected chi connectivity index (χ0v) is 11.4. The van der Waals surface area contributed by atoms with E-state index in [9.17, 15) is 0 Å². The molecule has 0 bridgehead atoms. The molecular formula is C15H19N3O. The Balaban J connectivity index is 2.04. The zero-order chi connectivity index (χ0) is 13.7. The SMILES string of the molecule is COCC(C)NCCn1ccc2c(C#N)cccc21. The van der Waals surface area contributed by atoms with Gasteiger partial charge >= 0.3 is 0 Å². The van der Waals surface area contributed by atoms with Gasteiger partial charge in [0.25, 0.3) is 0 Å². The lowest BCUT2D eigenvalue weighted by Gasteiger charge is -2.13. The lowest BCUT2D eigenvalue weighted by molar-refractivity contribution is 0.172. The fourth-order valence-corrected chi connectivity index (χ4v) is 2.26. The Morgan fingerprint density at radius 2 is 2.26 bits per heavy atom. The number of aromatic nitrogens is 1. The molecule has 1 aromatic carbocycles. The smallest absolute Gasteiger partial charge is 0.0998 e. The lowest BCUT2D eigenvalue weighted by Crippen LogP contribution is -2.32. The van der Waals surface area contributed by atoms with E-state index in [-0.39, 0.29) is 0 Å². The molecule has 0 saturated heterocycles. The number of rotatable bonds is 6. The van der Waals surface area contributed by atoms with Gasteiger partial charge in [-0.15, -0.1) is 0 Å². The number of nitrogens with one attached hydrogen (secondary N) is 1. The average molecular weight is 257 g/mol. The van der Waals surface area contributed by atoms with Crippen LogP contribution in [0.5, 0.6) is 0 Å². The van der Waals surface area contributed by atoms with Gasteiger partial charge in [-0.05, 0) is 25.1 Å². The zero-order valence-electron chi connectivity index (χ0n) is 11.4. The number of ether oxygens (including phenoxy) is 1. The highest BCUT2D eigenvalue weighted by Gasteiger charge is 2.05. The summed E-state index contributed by atoms with van der Waals surface area (Å²) in [5.41, 5.74) is 1.84. The Morgan fingerprint density at radius 1 is 1.42 bits per heavy atom. The minimum Gasteiger partial charge on any atom is -0.383 e. The standard InChI is InChI=1S/C15H19N3O/c1-12(11-19-2)17-7-9-18-8-6-14-13(10-16)4-3-5-15(14)18/h3-6,8,12,17H,7,9,11H2,1-2H3. The normalized spacial score (nSPS) is 12.5. The van der Waals surface area contributed by atoms with Crippen LogP contribution in [0.3, 0.4) is 0 Å². The fourth-order valence-electron chi connectivity index (χ4n) is 2.26. The van der Waals surface area contributed by atoms with Crippen molar-refractivity contribution >= 4 is 10.9 Å². The second kappa shape index (κ2) is 6.37. The Labute approximate surface area is 113 Å². The quantitative estimate of drug-likeness (QED) is 0.862. The molecule has 4 nitrogen and oxygen atoms in total. The molecule has 1 N–H and O–H groups in total. The molecule has 1 atom stereocenters. The number of nitrogens with zero attached hydrogens (tertiary/aromatic N) is 2. The topological polar surface area (TPSA) is 50.0 Å². The van der Waals surface area contributed by atoms with Gasteiger partial charge in [0.15, 0.2) is 0 Å². The summed E-state index contributed by atoms with van der Waals surface area (Å²) >= 11 is 0. The summed E-state index contributed by atoms with van der Waals surface area (Å²) in [6.45, 7) is 4.58. The van der Waals surface area contributed by atoms with Gasteiger partial charge in [-0.25, -0.2) is 0 Å². The van der Waals surface area contributed by atoms with Gasteiger partial charge in [-0.3, -0.25) is 0 Å². The number of hydrogen-bond donors (Lipinski definition) is 1. The van der Waals surface area contributed by atoms with Crippen molar-refractivity contribution in [2.24, 2.45) is 0 Å². The van der Waals surface area contributed by atoms with E-state index in [2.05, 4.69) is 28.9 Å². The molecule has 100 valence electrons. The number of nitriles is 1. The number of methoxy groups -OCH3 is 1. The fraction of sp³-hybridized carbons (Fsp3) is 0.400. The number of benzene rings is 1. The summed E-state index contributed by atoms with van der Waals surface area (Å²) in [5.74, 6) is 0. The molecule has 2 aromatic rings. The van der Waals surface area contributed by atoms with Crippen molar-refractivity contribution < 1.29 is 4.74 Å². The van der Waals surface area contributed by atoms with Gasteiger partial charge in [0.2, 0.25) is 0 Å². The number of hydrogen-bond acceptors (Lipinski definition) is 3. The summed E-state index contributed by atoms with van der Waals surface area (Å²) in [5, 5.41) is 13.5. The predicted octanol–water partition coefficient (Wildman–Crippen LogP) is 2.14. The Morgan fingerprint density at radius 3 is 3.00 bits per heavy atom. The van der Waals surface area contributed by atoms with Gasteiger partial charge in [-0.2, -0.15) is 5.26 Å². The van der Waals surface area contributed by atoms with Crippen LogP contribution in [0.2, 0.25) is 0 Å². The summed E-state index contributed by atoms with van der Waals surface area (Å²) in [7, 11) is 1.71. The second-order valence-electron chi connectivity index (χ2n) is 4.67. The summed E-state index contributed by atoms with van der Waals surface area (Å²) < 4.78 is 7.26. The molecule has 0 fully saturated rings. The summed E-state index contributed by atoms with van der Waals surface area (Å²) in [6.07, 6.45) is 2.04. The first kappa shape index (κ1) is 13.6. The van der Waals surface area contributed by atoms with Gasteiger partial charge < -0.3 is 14.6 Å². The Kier molecular flexibility index (Phi) is 4.56. The second-order valence-corrected chi connectivity index (χ2v) is 4.67. The predicted molar refractivity (Wildman–Crippen MR) is 76.0 cm³/mol. The van der Waals surface area contributed by atoms with Crippen molar-refractivity contribution in [1.29, 1.82) is 5.26 Å². The highest BCUT2D eigenvalue weighted by atomic mass is 16.5. The molecule has 0 aliphatic rings. The molecule has 1 unspecified atom stereocenters. The molecule has 0 radical (unpaired) electrons. The third-order valence-electron chi connectivity index (χ3n) is 3.20. The van der Waals surface area contributed by atoms with Crippen LogP contribution in [0.1, 0.15) is 12.5 Å². The third kappa shape index (κ3) is 3.14. The van der Waals surface area contributed by atoms with Crippen LogP contribution >= 0.6 is 0 Å². The van der Waals surface area contributed by atoms with Crippen LogP contribution in [0.25, 0.3) is 10.9 Å². The first-order valence-electron chi connectivity index (χ1n) is 6.46. The molecule has 1 aromatic heterocycles. The van der Waals surface area contributed by atoms with Crippen molar-refractivity contribution in [3.63, 3.8) is 0 Å². The van der Waals surface area contributed by atoms with E-state index in [4.69, 9.17) is 10.00 Å². The van der Waals surface area contributed by atoms with Crippen LogP contribution in [0.15, 0.2) is 30.5 Å². The lowest BCUT2D eigenvalue weighted by atomic mass is 10.1. The molecule has 1 heterocycles.